The molecule has 1 aromatic heterocycles. The third kappa shape index (κ3) is 4.28. The van der Waals surface area contributed by atoms with Gasteiger partial charge in [-0.2, -0.15) is 0 Å². The molecule has 0 fully saturated rings. The molecule has 1 heterocycles. The van der Waals surface area contributed by atoms with Gasteiger partial charge in [0.25, 0.3) is 0 Å². The van der Waals surface area contributed by atoms with Gasteiger partial charge in [-0.25, -0.2) is 4.79 Å². The topological polar surface area (TPSA) is 50.4 Å². The lowest BCUT2D eigenvalue weighted by atomic mass is 9.95. The average Bonchev–Trinajstić information content (AvgIpc) is 3.05. The molecular formula is C23H24N2O2S2. The Labute approximate surface area is 180 Å². The predicted molar refractivity (Wildman–Crippen MR) is 125 cm³/mol. The number of rotatable bonds is 4. The SMILES string of the molecule is CC(C)OC(=O)c1c(NC(=S)Nc2cccc3ccccc23)sc2c1CCCC2. The molecule has 0 saturated carbocycles. The van der Waals surface area contributed by atoms with Crippen molar-refractivity contribution in [3.8, 4) is 0 Å². The lowest BCUT2D eigenvalue weighted by Crippen LogP contribution is -2.21. The van der Waals surface area contributed by atoms with Gasteiger partial charge in [0.15, 0.2) is 5.11 Å². The van der Waals surface area contributed by atoms with Crippen LogP contribution in [-0.4, -0.2) is 17.2 Å². The molecule has 1 aliphatic rings. The predicted octanol–water partition coefficient (Wildman–Crippen LogP) is 6.15. The quantitative estimate of drug-likeness (QED) is 0.388. The van der Waals surface area contributed by atoms with E-state index in [-0.39, 0.29) is 12.1 Å². The minimum absolute atomic E-state index is 0.157. The fraction of sp³-hybridized carbons (Fsp3) is 0.304. The zero-order valence-corrected chi connectivity index (χ0v) is 18.2. The zero-order chi connectivity index (χ0) is 20.4. The van der Waals surface area contributed by atoms with Crippen LogP contribution in [0.15, 0.2) is 42.5 Å². The minimum Gasteiger partial charge on any atom is -0.459 e. The standard InChI is InChI=1S/C23H24N2O2S2/c1-14(2)27-22(26)20-17-11-5-6-13-19(17)29-21(20)25-23(28)24-18-12-7-9-15-8-3-4-10-16(15)18/h3-4,7-10,12,14H,5-6,11,13H2,1-2H3,(H2,24,25,28). The Morgan fingerprint density at radius 1 is 1.07 bits per heavy atom. The number of hydrogen-bond acceptors (Lipinski definition) is 4. The third-order valence-corrected chi connectivity index (χ3v) is 6.39. The molecule has 150 valence electrons. The van der Waals surface area contributed by atoms with E-state index in [9.17, 15) is 4.79 Å². The van der Waals surface area contributed by atoms with Gasteiger partial charge in [0.1, 0.15) is 5.00 Å². The Hall–Kier alpha value is -2.44. The van der Waals surface area contributed by atoms with Crippen LogP contribution < -0.4 is 10.6 Å². The van der Waals surface area contributed by atoms with Crippen LogP contribution in [-0.2, 0) is 17.6 Å². The number of carbonyl (C=O) groups is 1. The molecule has 2 aromatic carbocycles. The van der Waals surface area contributed by atoms with Crippen LogP contribution in [0.1, 0.15) is 47.5 Å². The van der Waals surface area contributed by atoms with Gasteiger partial charge in [0, 0.05) is 16.0 Å². The highest BCUT2D eigenvalue weighted by molar-refractivity contribution is 7.80. The lowest BCUT2D eigenvalue weighted by molar-refractivity contribution is 0.0378. The summed E-state index contributed by atoms with van der Waals surface area (Å²) in [6, 6.07) is 14.2. The fourth-order valence-corrected chi connectivity index (χ4v) is 5.29. The van der Waals surface area contributed by atoms with Crippen molar-refractivity contribution in [2.45, 2.75) is 45.6 Å². The molecule has 0 amide bonds. The summed E-state index contributed by atoms with van der Waals surface area (Å²) in [6.07, 6.45) is 4.02. The smallest absolute Gasteiger partial charge is 0.341 e. The number of ether oxygens (including phenoxy) is 1. The third-order valence-electron chi connectivity index (χ3n) is 4.98. The first-order chi connectivity index (χ1) is 14.0. The molecule has 6 heteroatoms. The van der Waals surface area contributed by atoms with Crippen LogP contribution in [0.4, 0.5) is 10.7 Å². The second-order valence-corrected chi connectivity index (χ2v) is 8.99. The molecule has 0 radical (unpaired) electrons. The van der Waals surface area contributed by atoms with Crippen LogP contribution in [0.2, 0.25) is 0 Å². The highest BCUT2D eigenvalue weighted by Gasteiger charge is 2.27. The summed E-state index contributed by atoms with van der Waals surface area (Å²) in [5.74, 6) is -0.269. The first-order valence-corrected chi connectivity index (χ1v) is 11.2. The van der Waals surface area contributed by atoms with Crippen LogP contribution in [0.5, 0.6) is 0 Å². The number of hydrogen-bond donors (Lipinski definition) is 2. The fourth-order valence-electron chi connectivity index (χ4n) is 3.73. The summed E-state index contributed by atoms with van der Waals surface area (Å²) >= 11 is 7.21. The van der Waals surface area contributed by atoms with Crippen molar-refractivity contribution in [3.05, 3.63) is 58.5 Å². The number of esters is 1. The van der Waals surface area contributed by atoms with Crippen molar-refractivity contribution < 1.29 is 9.53 Å². The summed E-state index contributed by atoms with van der Waals surface area (Å²) in [6.45, 7) is 3.74. The van der Waals surface area contributed by atoms with Crippen LogP contribution in [0.25, 0.3) is 10.8 Å². The van der Waals surface area contributed by atoms with Crippen LogP contribution in [0.3, 0.4) is 0 Å². The molecule has 0 aliphatic heterocycles. The van der Waals surface area contributed by atoms with Crippen molar-refractivity contribution in [3.63, 3.8) is 0 Å². The van der Waals surface area contributed by atoms with E-state index in [2.05, 4.69) is 28.8 Å². The molecular weight excluding hydrogens is 400 g/mol. The molecule has 4 nitrogen and oxygen atoms in total. The maximum Gasteiger partial charge on any atom is 0.341 e. The van der Waals surface area contributed by atoms with E-state index in [1.165, 1.54) is 4.88 Å². The van der Waals surface area contributed by atoms with Crippen molar-refractivity contribution in [2.24, 2.45) is 0 Å². The molecule has 3 aromatic rings. The number of carbonyl (C=O) groups excluding carboxylic acids is 1. The average molecular weight is 425 g/mol. The largest absolute Gasteiger partial charge is 0.459 e. The summed E-state index contributed by atoms with van der Waals surface area (Å²) in [4.78, 5) is 14.1. The highest BCUT2D eigenvalue weighted by atomic mass is 32.1. The second kappa shape index (κ2) is 8.51. The number of benzene rings is 2. The summed E-state index contributed by atoms with van der Waals surface area (Å²) in [7, 11) is 0. The monoisotopic (exact) mass is 424 g/mol. The van der Waals surface area contributed by atoms with E-state index >= 15 is 0 Å². The second-order valence-electron chi connectivity index (χ2n) is 7.47. The summed E-state index contributed by atoms with van der Waals surface area (Å²) in [5.41, 5.74) is 2.72. The van der Waals surface area contributed by atoms with Gasteiger partial charge in [0.05, 0.1) is 11.7 Å². The van der Waals surface area contributed by atoms with Gasteiger partial charge < -0.3 is 15.4 Å². The molecule has 0 saturated heterocycles. The van der Waals surface area contributed by atoms with Crippen molar-refractivity contribution in [1.82, 2.24) is 0 Å². The van der Waals surface area contributed by atoms with Gasteiger partial charge >= 0.3 is 5.97 Å². The Kier molecular flexibility index (Phi) is 5.83. The van der Waals surface area contributed by atoms with E-state index in [1.807, 2.05) is 38.1 Å². The first kappa shape index (κ1) is 19.9. The van der Waals surface area contributed by atoms with E-state index in [0.717, 1.165) is 52.7 Å². The van der Waals surface area contributed by atoms with Crippen LogP contribution in [0, 0.1) is 0 Å². The summed E-state index contributed by atoms with van der Waals surface area (Å²) < 4.78 is 5.52. The van der Waals surface area contributed by atoms with E-state index < -0.39 is 0 Å². The Balaban J connectivity index is 1.61. The van der Waals surface area contributed by atoms with Crippen molar-refractivity contribution >= 4 is 56.1 Å². The number of thiocarbonyl (C=S) groups is 1. The van der Waals surface area contributed by atoms with E-state index in [1.54, 1.807) is 11.3 Å². The molecule has 4 rings (SSSR count). The molecule has 0 bridgehead atoms. The molecule has 2 N–H and O–H groups in total. The maximum absolute atomic E-state index is 12.8. The maximum atomic E-state index is 12.8. The molecule has 1 aliphatic carbocycles. The van der Waals surface area contributed by atoms with E-state index in [4.69, 9.17) is 17.0 Å². The number of anilines is 2. The first-order valence-electron chi connectivity index (χ1n) is 9.94. The Morgan fingerprint density at radius 3 is 2.66 bits per heavy atom. The van der Waals surface area contributed by atoms with Crippen LogP contribution >= 0.6 is 23.6 Å². The van der Waals surface area contributed by atoms with Gasteiger partial charge in [-0.3, -0.25) is 0 Å². The highest BCUT2D eigenvalue weighted by Crippen LogP contribution is 2.39. The zero-order valence-electron chi connectivity index (χ0n) is 16.6. The Bertz CT molecular complexity index is 1070. The van der Waals surface area contributed by atoms with Gasteiger partial charge in [-0.05, 0) is 68.8 Å². The number of nitrogens with one attached hydrogen (secondary N) is 2. The molecule has 0 spiro atoms. The summed E-state index contributed by atoms with van der Waals surface area (Å²) in [5, 5.41) is 10.1. The molecule has 0 unspecified atom stereocenters. The van der Waals surface area contributed by atoms with Gasteiger partial charge in [-0.15, -0.1) is 11.3 Å². The number of aryl methyl sites for hydroxylation is 1. The van der Waals surface area contributed by atoms with Gasteiger partial charge in [0.2, 0.25) is 0 Å². The number of fused-ring (bicyclic) bond motifs is 2. The lowest BCUT2D eigenvalue weighted by Gasteiger charge is -2.15. The van der Waals surface area contributed by atoms with Crippen molar-refractivity contribution in [2.75, 3.05) is 10.6 Å². The number of thiophene rings is 1. The molecule has 29 heavy (non-hydrogen) atoms. The molecule has 0 atom stereocenters. The van der Waals surface area contributed by atoms with Crippen molar-refractivity contribution in [1.29, 1.82) is 0 Å². The van der Waals surface area contributed by atoms with Gasteiger partial charge in [-0.1, -0.05) is 36.4 Å². The normalized spacial score (nSPS) is 13.2. The van der Waals surface area contributed by atoms with E-state index in [0.29, 0.717) is 10.7 Å². The minimum atomic E-state index is -0.269. The Morgan fingerprint density at radius 2 is 1.83 bits per heavy atom.